The van der Waals surface area contributed by atoms with E-state index in [-0.39, 0.29) is 17.4 Å². The van der Waals surface area contributed by atoms with E-state index in [4.69, 9.17) is 11.6 Å². The number of halogens is 1. The van der Waals surface area contributed by atoms with E-state index in [0.717, 1.165) is 11.4 Å². The van der Waals surface area contributed by atoms with Crippen molar-refractivity contribution in [1.29, 1.82) is 0 Å². The Morgan fingerprint density at radius 1 is 1.32 bits per heavy atom. The molecule has 0 aliphatic heterocycles. The molecule has 0 amide bonds. The van der Waals surface area contributed by atoms with E-state index in [1.54, 1.807) is 11.0 Å². The molecule has 0 saturated heterocycles. The summed E-state index contributed by atoms with van der Waals surface area (Å²) in [6.45, 7) is 8.24. The first-order chi connectivity index (χ1) is 10.3. The molecular formula is C17H24ClN3O. The van der Waals surface area contributed by atoms with Crippen molar-refractivity contribution in [3.63, 3.8) is 0 Å². The van der Waals surface area contributed by atoms with E-state index in [1.807, 2.05) is 39.0 Å². The third-order valence-corrected chi connectivity index (χ3v) is 4.28. The van der Waals surface area contributed by atoms with Crippen molar-refractivity contribution >= 4 is 11.6 Å². The van der Waals surface area contributed by atoms with Crippen molar-refractivity contribution in [3.05, 3.63) is 47.5 Å². The predicted octanol–water partition coefficient (Wildman–Crippen LogP) is 4.07. The number of hydrogen-bond donors (Lipinski definition) is 1. The standard InChI is InChI=1S/C17H24ClN3O/c1-12(13-6-5-7-14(18)9-13)8-15(16(22)17(2,3)4)21-11-19-10-20-21/h5-7,9-12,15-16,22H,8H2,1-4H3. The van der Waals surface area contributed by atoms with Gasteiger partial charge in [0.25, 0.3) is 0 Å². The molecule has 1 heterocycles. The normalized spacial score (nSPS) is 16.3. The third-order valence-electron chi connectivity index (χ3n) is 4.04. The Bertz CT molecular complexity index is 592. The van der Waals surface area contributed by atoms with E-state index in [0.29, 0.717) is 0 Å². The maximum atomic E-state index is 10.8. The molecule has 0 aliphatic carbocycles. The van der Waals surface area contributed by atoms with Gasteiger partial charge >= 0.3 is 0 Å². The van der Waals surface area contributed by atoms with Crippen LogP contribution in [-0.2, 0) is 0 Å². The van der Waals surface area contributed by atoms with Crippen molar-refractivity contribution < 1.29 is 5.11 Å². The van der Waals surface area contributed by atoms with Gasteiger partial charge in [-0.05, 0) is 35.4 Å². The number of hydrogen-bond acceptors (Lipinski definition) is 3. The highest BCUT2D eigenvalue weighted by Gasteiger charge is 2.33. The van der Waals surface area contributed by atoms with Crippen LogP contribution in [0.3, 0.4) is 0 Å². The molecule has 2 aromatic rings. The number of aliphatic hydroxyl groups excluding tert-OH is 1. The average molecular weight is 322 g/mol. The van der Waals surface area contributed by atoms with Crippen LogP contribution in [0.25, 0.3) is 0 Å². The lowest BCUT2D eigenvalue weighted by Gasteiger charge is -2.34. The zero-order valence-electron chi connectivity index (χ0n) is 13.6. The summed E-state index contributed by atoms with van der Waals surface area (Å²) in [5.74, 6) is 0.255. The molecule has 0 spiro atoms. The van der Waals surface area contributed by atoms with E-state index in [9.17, 15) is 5.11 Å². The average Bonchev–Trinajstić information content (AvgIpc) is 2.96. The quantitative estimate of drug-likeness (QED) is 0.903. The minimum absolute atomic E-state index is 0.128. The second-order valence-electron chi connectivity index (χ2n) is 6.95. The lowest BCUT2D eigenvalue weighted by atomic mass is 9.80. The Balaban J connectivity index is 2.23. The van der Waals surface area contributed by atoms with Crippen molar-refractivity contribution in [1.82, 2.24) is 14.8 Å². The Morgan fingerprint density at radius 2 is 2.05 bits per heavy atom. The van der Waals surface area contributed by atoms with Gasteiger partial charge in [0.1, 0.15) is 12.7 Å². The summed E-state index contributed by atoms with van der Waals surface area (Å²) in [6.07, 6.45) is 3.43. The van der Waals surface area contributed by atoms with E-state index >= 15 is 0 Å². The van der Waals surface area contributed by atoms with Crippen LogP contribution < -0.4 is 0 Å². The largest absolute Gasteiger partial charge is 0.390 e. The van der Waals surface area contributed by atoms with E-state index in [1.165, 1.54) is 11.9 Å². The number of aliphatic hydroxyl groups is 1. The van der Waals surface area contributed by atoms with Crippen molar-refractivity contribution in [2.45, 2.75) is 52.2 Å². The highest BCUT2D eigenvalue weighted by atomic mass is 35.5. The van der Waals surface area contributed by atoms with Crippen LogP contribution in [0.1, 0.15) is 51.6 Å². The first kappa shape index (κ1) is 17.0. The second-order valence-corrected chi connectivity index (χ2v) is 7.38. The fourth-order valence-corrected chi connectivity index (χ4v) is 2.86. The van der Waals surface area contributed by atoms with Gasteiger partial charge in [-0.2, -0.15) is 5.10 Å². The van der Waals surface area contributed by atoms with Gasteiger partial charge in [0.05, 0.1) is 12.1 Å². The molecule has 2 rings (SSSR count). The fourth-order valence-electron chi connectivity index (χ4n) is 2.66. The number of nitrogens with zero attached hydrogens (tertiary/aromatic N) is 3. The van der Waals surface area contributed by atoms with Gasteiger partial charge in [0, 0.05) is 5.02 Å². The molecule has 5 heteroatoms. The molecule has 0 radical (unpaired) electrons. The van der Waals surface area contributed by atoms with Crippen molar-refractivity contribution in [2.75, 3.05) is 0 Å². The Hall–Kier alpha value is -1.39. The first-order valence-corrected chi connectivity index (χ1v) is 7.94. The molecule has 4 nitrogen and oxygen atoms in total. The Kier molecular flexibility index (Phi) is 5.24. The van der Waals surface area contributed by atoms with Crippen LogP contribution in [0.2, 0.25) is 5.02 Å². The van der Waals surface area contributed by atoms with Gasteiger partial charge in [-0.25, -0.2) is 9.67 Å². The summed E-state index contributed by atoms with van der Waals surface area (Å²) in [6, 6.07) is 7.75. The summed E-state index contributed by atoms with van der Waals surface area (Å²) in [5, 5.41) is 15.7. The Morgan fingerprint density at radius 3 is 2.59 bits per heavy atom. The molecule has 1 aromatic heterocycles. The summed E-state index contributed by atoms with van der Waals surface area (Å²) in [5.41, 5.74) is 0.934. The minimum atomic E-state index is -0.518. The maximum Gasteiger partial charge on any atom is 0.137 e. The highest BCUT2D eigenvalue weighted by Crippen LogP contribution is 2.35. The topological polar surface area (TPSA) is 50.9 Å². The summed E-state index contributed by atoms with van der Waals surface area (Å²) < 4.78 is 1.76. The third kappa shape index (κ3) is 4.08. The monoisotopic (exact) mass is 321 g/mol. The van der Waals surface area contributed by atoms with Gasteiger partial charge in [-0.15, -0.1) is 0 Å². The lowest BCUT2D eigenvalue weighted by Crippen LogP contribution is -2.36. The number of benzene rings is 1. The molecule has 120 valence electrons. The minimum Gasteiger partial charge on any atom is -0.390 e. The molecule has 3 atom stereocenters. The zero-order valence-corrected chi connectivity index (χ0v) is 14.3. The number of aromatic nitrogens is 3. The first-order valence-electron chi connectivity index (χ1n) is 7.56. The van der Waals surface area contributed by atoms with Crippen LogP contribution in [0.15, 0.2) is 36.9 Å². The summed E-state index contributed by atoms with van der Waals surface area (Å²) >= 11 is 6.08. The zero-order chi connectivity index (χ0) is 16.3. The second kappa shape index (κ2) is 6.80. The SMILES string of the molecule is CC(CC(C(O)C(C)(C)C)n1cncn1)c1cccc(Cl)c1. The molecular weight excluding hydrogens is 298 g/mol. The Labute approximate surface area is 137 Å². The fraction of sp³-hybridized carbons (Fsp3) is 0.529. The number of rotatable bonds is 5. The van der Waals surface area contributed by atoms with E-state index in [2.05, 4.69) is 23.1 Å². The molecule has 0 aliphatic rings. The van der Waals surface area contributed by atoms with E-state index < -0.39 is 6.10 Å². The predicted molar refractivity (Wildman–Crippen MR) is 89.0 cm³/mol. The molecule has 0 bridgehead atoms. The van der Waals surface area contributed by atoms with Gasteiger partial charge in [0.2, 0.25) is 0 Å². The maximum absolute atomic E-state index is 10.8. The molecule has 0 saturated carbocycles. The van der Waals surface area contributed by atoms with Gasteiger partial charge in [0.15, 0.2) is 0 Å². The van der Waals surface area contributed by atoms with Gasteiger partial charge in [-0.3, -0.25) is 0 Å². The molecule has 22 heavy (non-hydrogen) atoms. The van der Waals surface area contributed by atoms with Crippen molar-refractivity contribution in [2.24, 2.45) is 5.41 Å². The van der Waals surface area contributed by atoms with Gasteiger partial charge in [-0.1, -0.05) is 51.4 Å². The molecule has 1 aromatic carbocycles. The highest BCUT2D eigenvalue weighted by molar-refractivity contribution is 6.30. The lowest BCUT2D eigenvalue weighted by molar-refractivity contribution is 0.00736. The van der Waals surface area contributed by atoms with Crippen LogP contribution >= 0.6 is 11.6 Å². The van der Waals surface area contributed by atoms with Gasteiger partial charge < -0.3 is 5.11 Å². The molecule has 3 unspecified atom stereocenters. The van der Waals surface area contributed by atoms with Crippen molar-refractivity contribution in [3.8, 4) is 0 Å². The smallest absolute Gasteiger partial charge is 0.137 e. The van der Waals surface area contributed by atoms with Crippen LogP contribution in [0, 0.1) is 5.41 Å². The van der Waals surface area contributed by atoms with Crippen LogP contribution in [0.4, 0.5) is 0 Å². The molecule has 1 N–H and O–H groups in total. The molecule has 0 fully saturated rings. The van der Waals surface area contributed by atoms with Crippen LogP contribution in [-0.4, -0.2) is 26.0 Å². The van der Waals surface area contributed by atoms with Crippen LogP contribution in [0.5, 0.6) is 0 Å². The summed E-state index contributed by atoms with van der Waals surface area (Å²) in [7, 11) is 0. The summed E-state index contributed by atoms with van der Waals surface area (Å²) in [4.78, 5) is 4.02.